The van der Waals surface area contributed by atoms with Crippen LogP contribution in [0.4, 0.5) is 0 Å². The second kappa shape index (κ2) is 8.11. The summed E-state index contributed by atoms with van der Waals surface area (Å²) in [7, 11) is 3.08. The monoisotopic (exact) mass is 254 g/mol. The molecule has 0 amide bonds. The van der Waals surface area contributed by atoms with E-state index in [0.29, 0.717) is 17.1 Å². The molecule has 0 radical (unpaired) electrons. The number of carboxylic acid groups (broad SMARTS) is 1. The maximum absolute atomic E-state index is 10.5. The topological polar surface area (TPSA) is 72.8 Å². The summed E-state index contributed by atoms with van der Waals surface area (Å²) in [4.78, 5) is 20.2. The Hall–Kier alpha value is -2.04. The molecule has 0 aliphatic rings. The normalized spacial score (nSPS) is 9.17. The molecule has 0 saturated heterocycles. The standard InChI is InChI=1S/C9H10O3.C4H8O2/c1-11-8-4-3-7(6-10)9(5-8)12-2;1-3(2)4(5)6/h3-6H,1-2H3;3H,1-2H3,(H,5,6). The van der Waals surface area contributed by atoms with Crippen LogP contribution >= 0.6 is 0 Å². The zero-order valence-corrected chi connectivity index (χ0v) is 11.0. The van der Waals surface area contributed by atoms with Crippen molar-refractivity contribution >= 4 is 12.3 Å². The van der Waals surface area contributed by atoms with Crippen LogP contribution < -0.4 is 9.47 Å². The second-order valence-electron chi connectivity index (χ2n) is 3.72. The summed E-state index contributed by atoms with van der Waals surface area (Å²) >= 11 is 0. The lowest BCUT2D eigenvalue weighted by Gasteiger charge is -2.05. The Kier molecular flexibility index (Phi) is 7.19. The number of aldehydes is 1. The molecule has 0 unspecified atom stereocenters. The Labute approximate surface area is 106 Å². The van der Waals surface area contributed by atoms with Crippen LogP contribution in [0.25, 0.3) is 0 Å². The van der Waals surface area contributed by atoms with Gasteiger partial charge in [0, 0.05) is 6.07 Å². The molecule has 0 spiro atoms. The van der Waals surface area contributed by atoms with Gasteiger partial charge in [0.05, 0.1) is 25.7 Å². The first-order chi connectivity index (χ1) is 8.46. The fraction of sp³-hybridized carbons (Fsp3) is 0.385. The van der Waals surface area contributed by atoms with Crippen molar-refractivity contribution in [2.24, 2.45) is 5.92 Å². The molecule has 5 heteroatoms. The van der Waals surface area contributed by atoms with E-state index in [1.54, 1.807) is 39.2 Å². The number of carbonyl (C=O) groups excluding carboxylic acids is 1. The first kappa shape index (κ1) is 16.0. The molecule has 0 aromatic heterocycles. The van der Waals surface area contributed by atoms with Crippen molar-refractivity contribution in [2.75, 3.05) is 14.2 Å². The fourth-order valence-electron chi connectivity index (χ4n) is 0.916. The molecule has 0 saturated carbocycles. The van der Waals surface area contributed by atoms with Gasteiger partial charge in [-0.2, -0.15) is 0 Å². The lowest BCUT2D eigenvalue weighted by atomic mass is 10.2. The molecule has 0 aliphatic carbocycles. The average molecular weight is 254 g/mol. The van der Waals surface area contributed by atoms with E-state index in [-0.39, 0.29) is 5.92 Å². The highest BCUT2D eigenvalue weighted by Gasteiger charge is 2.02. The van der Waals surface area contributed by atoms with E-state index >= 15 is 0 Å². The van der Waals surface area contributed by atoms with E-state index < -0.39 is 5.97 Å². The molecule has 0 atom stereocenters. The van der Waals surface area contributed by atoms with Gasteiger partial charge in [0.25, 0.3) is 0 Å². The van der Waals surface area contributed by atoms with Crippen molar-refractivity contribution in [2.45, 2.75) is 13.8 Å². The second-order valence-corrected chi connectivity index (χ2v) is 3.72. The number of hydrogen-bond donors (Lipinski definition) is 1. The number of hydrogen-bond acceptors (Lipinski definition) is 4. The van der Waals surface area contributed by atoms with Gasteiger partial charge in [-0.25, -0.2) is 0 Å². The van der Waals surface area contributed by atoms with Crippen molar-refractivity contribution < 1.29 is 24.2 Å². The molecule has 0 aliphatic heterocycles. The van der Waals surface area contributed by atoms with Crippen LogP contribution in [0.2, 0.25) is 0 Å². The van der Waals surface area contributed by atoms with Gasteiger partial charge >= 0.3 is 5.97 Å². The summed E-state index contributed by atoms with van der Waals surface area (Å²) in [6.07, 6.45) is 0.748. The van der Waals surface area contributed by atoms with E-state index in [9.17, 15) is 9.59 Å². The van der Waals surface area contributed by atoms with Gasteiger partial charge in [-0.3, -0.25) is 9.59 Å². The van der Waals surface area contributed by atoms with Gasteiger partial charge in [0.1, 0.15) is 11.5 Å². The van der Waals surface area contributed by atoms with E-state index in [0.717, 1.165) is 6.29 Å². The number of carboxylic acids is 1. The van der Waals surface area contributed by atoms with Crippen LogP contribution in [-0.2, 0) is 4.79 Å². The zero-order valence-electron chi connectivity index (χ0n) is 11.0. The average Bonchev–Trinajstić information content (AvgIpc) is 2.38. The summed E-state index contributed by atoms with van der Waals surface area (Å²) in [6.45, 7) is 3.28. The Morgan fingerprint density at radius 3 is 2.17 bits per heavy atom. The summed E-state index contributed by atoms with van der Waals surface area (Å²) in [5.74, 6) is 0.238. The largest absolute Gasteiger partial charge is 0.497 e. The van der Waals surface area contributed by atoms with Gasteiger partial charge < -0.3 is 14.6 Å². The van der Waals surface area contributed by atoms with Crippen LogP contribution in [0.3, 0.4) is 0 Å². The van der Waals surface area contributed by atoms with E-state index in [1.165, 1.54) is 7.11 Å². The SMILES string of the molecule is CC(C)C(=O)O.COc1ccc(C=O)c(OC)c1. The molecular weight excluding hydrogens is 236 g/mol. The number of aliphatic carboxylic acids is 1. The van der Waals surface area contributed by atoms with Crippen LogP contribution in [-0.4, -0.2) is 31.6 Å². The lowest BCUT2D eigenvalue weighted by molar-refractivity contribution is -0.140. The lowest BCUT2D eigenvalue weighted by Crippen LogP contribution is -2.03. The van der Waals surface area contributed by atoms with E-state index in [1.807, 2.05) is 0 Å². The van der Waals surface area contributed by atoms with Crippen LogP contribution in [0.5, 0.6) is 11.5 Å². The summed E-state index contributed by atoms with van der Waals surface area (Å²) in [6, 6.07) is 5.04. The predicted molar refractivity (Wildman–Crippen MR) is 67.4 cm³/mol. The minimum atomic E-state index is -0.741. The number of methoxy groups -OCH3 is 2. The molecule has 1 N–H and O–H groups in total. The van der Waals surface area contributed by atoms with Gasteiger partial charge in [-0.15, -0.1) is 0 Å². The van der Waals surface area contributed by atoms with Crippen LogP contribution in [0.15, 0.2) is 18.2 Å². The summed E-state index contributed by atoms with van der Waals surface area (Å²) in [5, 5.41) is 7.99. The van der Waals surface area contributed by atoms with Gasteiger partial charge in [-0.1, -0.05) is 13.8 Å². The number of ether oxygens (including phenoxy) is 2. The Morgan fingerprint density at radius 2 is 1.83 bits per heavy atom. The molecule has 5 nitrogen and oxygen atoms in total. The molecule has 0 fully saturated rings. The third kappa shape index (κ3) is 5.34. The Morgan fingerprint density at radius 1 is 1.28 bits per heavy atom. The first-order valence-electron chi connectivity index (χ1n) is 5.36. The predicted octanol–water partition coefficient (Wildman–Crippen LogP) is 2.24. The molecule has 1 aromatic carbocycles. The van der Waals surface area contributed by atoms with Crippen molar-refractivity contribution in [3.05, 3.63) is 23.8 Å². The third-order valence-corrected chi connectivity index (χ3v) is 2.06. The molecule has 100 valence electrons. The van der Waals surface area contributed by atoms with E-state index in [2.05, 4.69) is 0 Å². The minimum Gasteiger partial charge on any atom is -0.497 e. The van der Waals surface area contributed by atoms with Crippen molar-refractivity contribution in [3.8, 4) is 11.5 Å². The number of benzene rings is 1. The molecule has 18 heavy (non-hydrogen) atoms. The highest BCUT2D eigenvalue weighted by molar-refractivity contribution is 5.79. The Balaban J connectivity index is 0.000000411. The Bertz CT molecular complexity index is 398. The smallest absolute Gasteiger partial charge is 0.305 e. The molecule has 1 aromatic rings. The van der Waals surface area contributed by atoms with Crippen LogP contribution in [0.1, 0.15) is 24.2 Å². The van der Waals surface area contributed by atoms with Gasteiger partial charge in [-0.05, 0) is 12.1 Å². The van der Waals surface area contributed by atoms with Gasteiger partial charge in [0.2, 0.25) is 0 Å². The molecule has 1 rings (SSSR count). The van der Waals surface area contributed by atoms with Crippen molar-refractivity contribution in [1.82, 2.24) is 0 Å². The maximum Gasteiger partial charge on any atom is 0.305 e. The third-order valence-electron chi connectivity index (χ3n) is 2.06. The summed E-state index contributed by atoms with van der Waals surface area (Å²) in [5.41, 5.74) is 0.526. The number of carbonyl (C=O) groups is 2. The summed E-state index contributed by atoms with van der Waals surface area (Å²) < 4.78 is 9.93. The first-order valence-corrected chi connectivity index (χ1v) is 5.36. The molecular formula is C13H18O5. The van der Waals surface area contributed by atoms with E-state index in [4.69, 9.17) is 14.6 Å². The van der Waals surface area contributed by atoms with Gasteiger partial charge in [0.15, 0.2) is 6.29 Å². The molecule has 0 heterocycles. The fourth-order valence-corrected chi connectivity index (χ4v) is 0.916. The molecule has 0 bridgehead atoms. The number of rotatable bonds is 4. The highest BCUT2D eigenvalue weighted by Crippen LogP contribution is 2.22. The minimum absolute atomic E-state index is 0.231. The highest BCUT2D eigenvalue weighted by atomic mass is 16.5. The van der Waals surface area contributed by atoms with Crippen molar-refractivity contribution in [3.63, 3.8) is 0 Å². The quantitative estimate of drug-likeness (QED) is 0.834. The van der Waals surface area contributed by atoms with Crippen molar-refractivity contribution in [1.29, 1.82) is 0 Å². The van der Waals surface area contributed by atoms with Crippen LogP contribution in [0, 0.1) is 5.92 Å². The zero-order chi connectivity index (χ0) is 14.1. The maximum atomic E-state index is 10.5.